The molecule has 7 aromatic rings. The maximum absolute atomic E-state index is 6.20. The molecule has 0 aliphatic carbocycles. The molecule has 0 saturated carbocycles. The van der Waals surface area contributed by atoms with Crippen LogP contribution >= 0.6 is 0 Å². The zero-order valence-corrected chi connectivity index (χ0v) is 16.8. The molecule has 3 heterocycles. The highest BCUT2D eigenvalue weighted by Gasteiger charge is 2.20. The highest BCUT2D eigenvalue weighted by Crippen LogP contribution is 2.43. The lowest BCUT2D eigenvalue weighted by Gasteiger charge is -2.11. The van der Waals surface area contributed by atoms with E-state index in [9.17, 15) is 0 Å². The first-order valence-electron chi connectivity index (χ1n) is 10.4. The topological polar surface area (TPSA) is 31.2 Å². The lowest BCUT2D eigenvalue weighted by atomic mass is 10.0. The van der Waals surface area contributed by atoms with Gasteiger partial charge in [0.15, 0.2) is 0 Å². The van der Waals surface area contributed by atoms with Gasteiger partial charge in [0.1, 0.15) is 22.3 Å². The number of hydrogen-bond acceptors (Lipinski definition) is 2. The fourth-order valence-corrected chi connectivity index (χ4v) is 5.13. The second-order valence-electron chi connectivity index (χ2n) is 8.36. The molecule has 144 valence electrons. The molecule has 7 rings (SSSR count). The standard InChI is InChI=1S/C27H19NO2/c1-15(2)28-20-11-12-24-27(17-8-4-6-10-23(17)29-24)26(20)19-13-18-16-7-3-5-9-22(16)30-25(18)14-21(19)28/h3-15H,1-2H3. The molecule has 30 heavy (non-hydrogen) atoms. The Morgan fingerprint density at radius 2 is 1.27 bits per heavy atom. The third kappa shape index (κ3) is 1.90. The number of furan rings is 2. The number of aromatic nitrogens is 1. The lowest BCUT2D eigenvalue weighted by Crippen LogP contribution is -1.99. The molecule has 0 unspecified atom stereocenters. The summed E-state index contributed by atoms with van der Waals surface area (Å²) in [6.07, 6.45) is 0. The van der Waals surface area contributed by atoms with Crippen molar-refractivity contribution >= 4 is 65.7 Å². The maximum Gasteiger partial charge on any atom is 0.137 e. The van der Waals surface area contributed by atoms with Crippen molar-refractivity contribution in [3.63, 3.8) is 0 Å². The van der Waals surface area contributed by atoms with Crippen LogP contribution in [0.3, 0.4) is 0 Å². The summed E-state index contributed by atoms with van der Waals surface area (Å²) in [6.45, 7) is 4.47. The summed E-state index contributed by atoms with van der Waals surface area (Å²) in [5, 5.41) is 7.18. The van der Waals surface area contributed by atoms with Gasteiger partial charge in [-0.25, -0.2) is 0 Å². The Kier molecular flexibility index (Phi) is 2.93. The summed E-state index contributed by atoms with van der Waals surface area (Å²) in [7, 11) is 0. The zero-order valence-electron chi connectivity index (χ0n) is 16.8. The molecule has 0 atom stereocenters. The maximum atomic E-state index is 6.20. The molecule has 0 radical (unpaired) electrons. The molecule has 0 fully saturated rings. The second kappa shape index (κ2) is 5.45. The van der Waals surface area contributed by atoms with E-state index in [4.69, 9.17) is 8.83 Å². The highest BCUT2D eigenvalue weighted by molar-refractivity contribution is 6.28. The van der Waals surface area contributed by atoms with E-state index in [-0.39, 0.29) is 0 Å². The van der Waals surface area contributed by atoms with Crippen molar-refractivity contribution in [3.05, 3.63) is 72.8 Å². The van der Waals surface area contributed by atoms with Gasteiger partial charge in [0.2, 0.25) is 0 Å². The van der Waals surface area contributed by atoms with Crippen molar-refractivity contribution in [2.75, 3.05) is 0 Å². The van der Waals surface area contributed by atoms with Gasteiger partial charge in [0.25, 0.3) is 0 Å². The van der Waals surface area contributed by atoms with Crippen molar-refractivity contribution in [2.45, 2.75) is 19.9 Å². The van der Waals surface area contributed by atoms with Crippen molar-refractivity contribution in [3.8, 4) is 0 Å². The third-order valence-corrected chi connectivity index (χ3v) is 6.32. The summed E-state index contributed by atoms with van der Waals surface area (Å²) in [4.78, 5) is 0. The van der Waals surface area contributed by atoms with E-state index < -0.39 is 0 Å². The quantitative estimate of drug-likeness (QED) is 0.283. The Morgan fingerprint density at radius 1 is 0.567 bits per heavy atom. The second-order valence-corrected chi connectivity index (χ2v) is 8.36. The smallest absolute Gasteiger partial charge is 0.137 e. The predicted molar refractivity (Wildman–Crippen MR) is 124 cm³/mol. The first-order valence-corrected chi connectivity index (χ1v) is 10.4. The number of hydrogen-bond donors (Lipinski definition) is 0. The van der Waals surface area contributed by atoms with Gasteiger partial charge in [-0.15, -0.1) is 0 Å². The monoisotopic (exact) mass is 389 g/mol. The van der Waals surface area contributed by atoms with Crippen LogP contribution in [-0.2, 0) is 0 Å². The molecule has 0 aliphatic rings. The minimum atomic E-state index is 0.322. The highest BCUT2D eigenvalue weighted by atomic mass is 16.3. The van der Waals surface area contributed by atoms with Crippen LogP contribution in [0.15, 0.2) is 81.6 Å². The minimum absolute atomic E-state index is 0.322. The fourth-order valence-electron chi connectivity index (χ4n) is 5.13. The Hall–Kier alpha value is -3.72. The van der Waals surface area contributed by atoms with Gasteiger partial charge >= 0.3 is 0 Å². The first-order chi connectivity index (χ1) is 14.7. The SMILES string of the molecule is CC(C)n1c2cc3oc4ccccc4c3cc2c2c3c(ccc21)oc1ccccc13. The van der Waals surface area contributed by atoms with Crippen LogP contribution in [0, 0.1) is 0 Å². The molecular formula is C27H19NO2. The van der Waals surface area contributed by atoms with Crippen molar-refractivity contribution < 1.29 is 8.83 Å². The molecule has 0 bridgehead atoms. The molecule has 3 nitrogen and oxygen atoms in total. The summed E-state index contributed by atoms with van der Waals surface area (Å²) < 4.78 is 14.8. The van der Waals surface area contributed by atoms with Gasteiger partial charge in [0, 0.05) is 44.4 Å². The average Bonchev–Trinajstić information content (AvgIpc) is 3.40. The van der Waals surface area contributed by atoms with Crippen molar-refractivity contribution in [2.24, 2.45) is 0 Å². The molecule has 3 aromatic heterocycles. The molecule has 0 aliphatic heterocycles. The van der Waals surface area contributed by atoms with E-state index in [1.54, 1.807) is 0 Å². The molecular weight excluding hydrogens is 370 g/mol. The van der Waals surface area contributed by atoms with E-state index in [2.05, 4.69) is 66.9 Å². The first kappa shape index (κ1) is 16.1. The van der Waals surface area contributed by atoms with Crippen LogP contribution in [-0.4, -0.2) is 4.57 Å². The van der Waals surface area contributed by atoms with Gasteiger partial charge < -0.3 is 13.4 Å². The molecule has 4 aromatic carbocycles. The number of para-hydroxylation sites is 2. The van der Waals surface area contributed by atoms with Crippen molar-refractivity contribution in [1.82, 2.24) is 4.57 Å². The molecule has 0 spiro atoms. The Balaban J connectivity index is 1.79. The number of rotatable bonds is 1. The number of fused-ring (bicyclic) bond motifs is 10. The van der Waals surface area contributed by atoms with Crippen LogP contribution < -0.4 is 0 Å². The number of nitrogens with zero attached hydrogens (tertiary/aromatic N) is 1. The third-order valence-electron chi connectivity index (χ3n) is 6.32. The molecule has 0 N–H and O–H groups in total. The molecule has 0 saturated heterocycles. The van der Waals surface area contributed by atoms with E-state index in [1.807, 2.05) is 24.3 Å². The van der Waals surface area contributed by atoms with E-state index in [1.165, 1.54) is 27.2 Å². The van der Waals surface area contributed by atoms with Gasteiger partial charge in [0.05, 0.1) is 11.0 Å². The summed E-state index contributed by atoms with van der Waals surface area (Å²) in [6, 6.07) is 25.7. The van der Waals surface area contributed by atoms with Gasteiger partial charge in [-0.2, -0.15) is 0 Å². The van der Waals surface area contributed by atoms with E-state index in [0.29, 0.717) is 6.04 Å². The average molecular weight is 389 g/mol. The van der Waals surface area contributed by atoms with Crippen LogP contribution in [0.25, 0.3) is 65.7 Å². The Bertz CT molecular complexity index is 1780. The Labute approximate surface area is 172 Å². The molecule has 3 heteroatoms. The van der Waals surface area contributed by atoms with Crippen LogP contribution in [0.1, 0.15) is 19.9 Å². The van der Waals surface area contributed by atoms with Gasteiger partial charge in [-0.1, -0.05) is 36.4 Å². The van der Waals surface area contributed by atoms with Gasteiger partial charge in [-0.3, -0.25) is 0 Å². The van der Waals surface area contributed by atoms with E-state index >= 15 is 0 Å². The summed E-state index contributed by atoms with van der Waals surface area (Å²) in [5.74, 6) is 0. The fraction of sp³-hybridized carbons (Fsp3) is 0.111. The van der Waals surface area contributed by atoms with Crippen LogP contribution in [0.2, 0.25) is 0 Å². The summed E-state index contributed by atoms with van der Waals surface area (Å²) in [5.41, 5.74) is 6.16. The van der Waals surface area contributed by atoms with Crippen LogP contribution in [0.4, 0.5) is 0 Å². The van der Waals surface area contributed by atoms with Crippen LogP contribution in [0.5, 0.6) is 0 Å². The number of benzene rings is 4. The summed E-state index contributed by atoms with van der Waals surface area (Å²) >= 11 is 0. The van der Waals surface area contributed by atoms with E-state index in [0.717, 1.165) is 38.5 Å². The molecule has 0 amide bonds. The normalized spacial score (nSPS) is 12.6. The Morgan fingerprint density at radius 3 is 2.07 bits per heavy atom. The largest absolute Gasteiger partial charge is 0.456 e. The zero-order chi connectivity index (χ0) is 20.0. The van der Waals surface area contributed by atoms with Gasteiger partial charge in [-0.05, 0) is 44.2 Å². The predicted octanol–water partition coefficient (Wildman–Crippen LogP) is 8.17. The van der Waals surface area contributed by atoms with Crippen molar-refractivity contribution in [1.29, 1.82) is 0 Å². The lowest BCUT2D eigenvalue weighted by molar-refractivity contribution is 0.640. The minimum Gasteiger partial charge on any atom is -0.456 e.